The highest BCUT2D eigenvalue weighted by Crippen LogP contribution is 2.36. The highest BCUT2D eigenvalue weighted by atomic mass is 16.4. The number of carbonyl (C=O) groups is 1. The number of hydrogen-bond donors (Lipinski definition) is 1. The van der Waals surface area contributed by atoms with E-state index in [1.807, 2.05) is 22.9 Å². The van der Waals surface area contributed by atoms with Crippen LogP contribution in [0.25, 0.3) is 11.6 Å². The van der Waals surface area contributed by atoms with Gasteiger partial charge in [-0.15, -0.1) is 10.2 Å². The van der Waals surface area contributed by atoms with Crippen LogP contribution in [0.5, 0.6) is 0 Å². The Kier molecular flexibility index (Phi) is 5.06. The lowest BCUT2D eigenvalue weighted by Gasteiger charge is -2.23. The standard InChI is InChI=1S/C19H27N5O2/c1-2-23-10-4-8-15(23)12-20-17(25)13-24-11-5-9-16(24)19-22-21-18(26-19)14-6-3-7-14/h5,9,11,14-15H,2-4,6-8,10,12-13H2,1H3,(H,20,25). The van der Waals surface area contributed by atoms with Crippen LogP contribution in [0.3, 0.4) is 0 Å². The molecule has 3 heterocycles. The summed E-state index contributed by atoms with van der Waals surface area (Å²) in [5, 5.41) is 11.4. The zero-order valence-corrected chi connectivity index (χ0v) is 15.4. The zero-order valence-electron chi connectivity index (χ0n) is 15.4. The first-order valence-electron chi connectivity index (χ1n) is 9.74. The Morgan fingerprint density at radius 3 is 2.96 bits per heavy atom. The smallest absolute Gasteiger partial charge is 0.264 e. The molecule has 1 aliphatic heterocycles. The van der Waals surface area contributed by atoms with Gasteiger partial charge in [0.15, 0.2) is 0 Å². The Bertz CT molecular complexity index is 749. The molecule has 0 aromatic carbocycles. The molecule has 1 atom stereocenters. The van der Waals surface area contributed by atoms with Gasteiger partial charge in [0, 0.05) is 24.7 Å². The largest absolute Gasteiger partial charge is 0.419 e. The van der Waals surface area contributed by atoms with Crippen LogP contribution in [0.15, 0.2) is 22.7 Å². The molecule has 2 aliphatic rings. The van der Waals surface area contributed by atoms with Crippen molar-refractivity contribution in [2.75, 3.05) is 19.6 Å². The van der Waals surface area contributed by atoms with E-state index in [0.29, 0.717) is 17.9 Å². The molecule has 0 bridgehead atoms. The van der Waals surface area contributed by atoms with Gasteiger partial charge in [-0.2, -0.15) is 0 Å². The van der Waals surface area contributed by atoms with Gasteiger partial charge in [0.05, 0.1) is 0 Å². The Balaban J connectivity index is 1.36. The molecule has 0 radical (unpaired) electrons. The van der Waals surface area contributed by atoms with Crippen molar-refractivity contribution in [2.24, 2.45) is 0 Å². The predicted molar refractivity (Wildman–Crippen MR) is 97.6 cm³/mol. The monoisotopic (exact) mass is 357 g/mol. The molecule has 1 saturated heterocycles. The molecule has 1 amide bonds. The summed E-state index contributed by atoms with van der Waals surface area (Å²) >= 11 is 0. The topological polar surface area (TPSA) is 76.2 Å². The fraction of sp³-hybridized carbons (Fsp3) is 0.632. The van der Waals surface area contributed by atoms with Crippen LogP contribution in [0, 0.1) is 0 Å². The average molecular weight is 357 g/mol. The van der Waals surface area contributed by atoms with Gasteiger partial charge in [0.25, 0.3) is 5.89 Å². The van der Waals surface area contributed by atoms with Crippen molar-refractivity contribution < 1.29 is 9.21 Å². The van der Waals surface area contributed by atoms with Gasteiger partial charge in [-0.1, -0.05) is 13.3 Å². The first kappa shape index (κ1) is 17.3. The van der Waals surface area contributed by atoms with Gasteiger partial charge in [0.1, 0.15) is 12.2 Å². The molecular formula is C19H27N5O2. The third-order valence-electron chi connectivity index (χ3n) is 5.70. The lowest BCUT2D eigenvalue weighted by Crippen LogP contribution is -2.41. The number of likely N-dealkylation sites (N-methyl/N-ethyl adjacent to an activating group) is 1. The van der Waals surface area contributed by atoms with Crippen LogP contribution in [0.4, 0.5) is 0 Å². The van der Waals surface area contributed by atoms with E-state index in [1.165, 1.54) is 12.8 Å². The molecule has 2 aromatic rings. The number of likely N-dealkylation sites (tertiary alicyclic amines) is 1. The minimum atomic E-state index is 0.0177. The summed E-state index contributed by atoms with van der Waals surface area (Å²) in [6.07, 6.45) is 7.75. The SMILES string of the molecule is CCN1CCCC1CNC(=O)Cn1cccc1-c1nnc(C2CCC2)o1. The number of carbonyl (C=O) groups excluding carboxylic acids is 1. The number of rotatable bonds is 7. The second-order valence-electron chi connectivity index (χ2n) is 7.32. The normalized spacial score (nSPS) is 21.0. The summed E-state index contributed by atoms with van der Waals surface area (Å²) in [5.74, 6) is 1.65. The second-order valence-corrected chi connectivity index (χ2v) is 7.32. The van der Waals surface area contributed by atoms with Crippen LogP contribution in [0.1, 0.15) is 50.8 Å². The van der Waals surface area contributed by atoms with Crippen LogP contribution < -0.4 is 5.32 Å². The number of nitrogens with zero attached hydrogens (tertiary/aromatic N) is 4. The van der Waals surface area contributed by atoms with Crippen molar-refractivity contribution in [3.63, 3.8) is 0 Å². The molecular weight excluding hydrogens is 330 g/mol. The van der Waals surface area contributed by atoms with Crippen molar-refractivity contribution in [3.8, 4) is 11.6 Å². The second kappa shape index (κ2) is 7.61. The van der Waals surface area contributed by atoms with Crippen molar-refractivity contribution >= 4 is 5.91 Å². The van der Waals surface area contributed by atoms with E-state index in [4.69, 9.17) is 4.42 Å². The summed E-state index contributed by atoms with van der Waals surface area (Å²) in [7, 11) is 0. The van der Waals surface area contributed by atoms with Crippen LogP contribution in [-0.4, -0.2) is 51.2 Å². The number of amides is 1. The fourth-order valence-electron chi connectivity index (χ4n) is 3.89. The number of hydrogen-bond acceptors (Lipinski definition) is 5. The van der Waals surface area contributed by atoms with E-state index >= 15 is 0 Å². The molecule has 1 saturated carbocycles. The van der Waals surface area contributed by atoms with E-state index in [9.17, 15) is 4.79 Å². The molecule has 1 N–H and O–H groups in total. The minimum absolute atomic E-state index is 0.0177. The van der Waals surface area contributed by atoms with Gasteiger partial charge in [-0.3, -0.25) is 9.69 Å². The van der Waals surface area contributed by atoms with Crippen molar-refractivity contribution in [3.05, 3.63) is 24.2 Å². The summed E-state index contributed by atoms with van der Waals surface area (Å²) < 4.78 is 7.72. The lowest BCUT2D eigenvalue weighted by atomic mass is 9.85. The fourth-order valence-corrected chi connectivity index (χ4v) is 3.89. The van der Waals surface area contributed by atoms with Crippen LogP contribution >= 0.6 is 0 Å². The lowest BCUT2D eigenvalue weighted by molar-refractivity contribution is -0.121. The summed E-state index contributed by atoms with van der Waals surface area (Å²) in [6.45, 7) is 5.34. The Morgan fingerprint density at radius 2 is 2.19 bits per heavy atom. The Hall–Kier alpha value is -2.15. The minimum Gasteiger partial charge on any atom is -0.419 e. The summed E-state index contributed by atoms with van der Waals surface area (Å²) in [6, 6.07) is 4.29. The molecule has 1 aliphatic carbocycles. The molecule has 7 nitrogen and oxygen atoms in total. The van der Waals surface area contributed by atoms with Gasteiger partial charge < -0.3 is 14.3 Å². The first-order chi connectivity index (χ1) is 12.7. The molecule has 4 rings (SSSR count). The summed E-state index contributed by atoms with van der Waals surface area (Å²) in [4.78, 5) is 14.8. The van der Waals surface area contributed by atoms with E-state index in [0.717, 1.165) is 50.5 Å². The molecule has 2 fully saturated rings. The zero-order chi connectivity index (χ0) is 17.9. The predicted octanol–water partition coefficient (Wildman–Crippen LogP) is 2.41. The van der Waals surface area contributed by atoms with E-state index in [-0.39, 0.29) is 12.5 Å². The van der Waals surface area contributed by atoms with Gasteiger partial charge in [0.2, 0.25) is 11.8 Å². The number of nitrogens with one attached hydrogen (secondary N) is 1. The molecule has 140 valence electrons. The van der Waals surface area contributed by atoms with E-state index in [2.05, 4.69) is 27.3 Å². The maximum Gasteiger partial charge on any atom is 0.264 e. The molecule has 1 unspecified atom stereocenters. The van der Waals surface area contributed by atoms with Gasteiger partial charge >= 0.3 is 0 Å². The molecule has 26 heavy (non-hydrogen) atoms. The number of aromatic nitrogens is 3. The van der Waals surface area contributed by atoms with E-state index < -0.39 is 0 Å². The highest BCUT2D eigenvalue weighted by Gasteiger charge is 2.26. The Morgan fingerprint density at radius 1 is 1.31 bits per heavy atom. The first-order valence-corrected chi connectivity index (χ1v) is 9.74. The summed E-state index contributed by atoms with van der Waals surface area (Å²) in [5.41, 5.74) is 0.800. The van der Waals surface area contributed by atoms with Crippen LogP contribution in [0.2, 0.25) is 0 Å². The maximum atomic E-state index is 12.4. The quantitative estimate of drug-likeness (QED) is 0.823. The molecule has 2 aromatic heterocycles. The van der Waals surface area contributed by atoms with Crippen LogP contribution in [-0.2, 0) is 11.3 Å². The average Bonchev–Trinajstić information content (AvgIpc) is 3.31. The Labute approximate surface area is 153 Å². The van der Waals surface area contributed by atoms with E-state index in [1.54, 1.807) is 0 Å². The van der Waals surface area contributed by atoms with Crippen molar-refractivity contribution in [1.29, 1.82) is 0 Å². The third-order valence-corrected chi connectivity index (χ3v) is 5.70. The maximum absolute atomic E-state index is 12.4. The molecule has 0 spiro atoms. The highest BCUT2D eigenvalue weighted by molar-refractivity contribution is 5.76. The van der Waals surface area contributed by atoms with Crippen molar-refractivity contribution in [1.82, 2.24) is 25.0 Å². The van der Waals surface area contributed by atoms with Gasteiger partial charge in [-0.05, 0) is 50.9 Å². The third kappa shape index (κ3) is 3.53. The molecule has 7 heteroatoms. The van der Waals surface area contributed by atoms with Gasteiger partial charge in [-0.25, -0.2) is 0 Å². The van der Waals surface area contributed by atoms with Crippen molar-refractivity contribution in [2.45, 2.75) is 57.5 Å².